The molecule has 0 aliphatic heterocycles. The fourth-order valence-corrected chi connectivity index (χ4v) is 11.0. The second kappa shape index (κ2) is 8.88. The summed E-state index contributed by atoms with van der Waals surface area (Å²) in [5, 5.41) is 4.06. The Bertz CT molecular complexity index is 726. The second-order valence-corrected chi connectivity index (χ2v) is 12.5. The number of carbonyl (C=O) groups excluding carboxylic acids is 1. The summed E-state index contributed by atoms with van der Waals surface area (Å²) in [4.78, 5) is 11.2. The minimum absolute atomic E-state index is 0.225. The van der Waals surface area contributed by atoms with Gasteiger partial charge < -0.3 is 4.74 Å². The molecular formula is C22H22O2SSi. The molecule has 0 unspecified atom stereocenters. The molecule has 0 N–H and O–H groups in total. The third kappa shape index (κ3) is 4.09. The van der Waals surface area contributed by atoms with E-state index in [1.165, 1.54) is 22.5 Å². The Morgan fingerprint density at radius 3 is 1.50 bits per heavy atom. The third-order valence-electron chi connectivity index (χ3n) is 4.25. The maximum absolute atomic E-state index is 11.2. The van der Waals surface area contributed by atoms with E-state index in [1.807, 2.05) is 11.2 Å². The highest BCUT2D eigenvalue weighted by molar-refractivity contribution is 8.33. The largest absolute Gasteiger partial charge is 0.465 e. The topological polar surface area (TPSA) is 26.3 Å². The van der Waals surface area contributed by atoms with Crippen LogP contribution in [-0.2, 0) is 9.53 Å². The molecule has 0 saturated heterocycles. The van der Waals surface area contributed by atoms with E-state index in [2.05, 4.69) is 91.0 Å². The molecule has 0 fully saturated rings. The lowest BCUT2D eigenvalue weighted by Gasteiger charge is -2.33. The lowest BCUT2D eigenvalue weighted by Crippen LogP contribution is -2.65. The zero-order valence-electron chi connectivity index (χ0n) is 14.8. The van der Waals surface area contributed by atoms with E-state index in [4.69, 9.17) is 4.74 Å². The quantitative estimate of drug-likeness (QED) is 0.274. The lowest BCUT2D eigenvalue weighted by atomic mass is 10.3. The molecule has 3 rings (SSSR count). The van der Waals surface area contributed by atoms with Crippen molar-refractivity contribution in [3.63, 3.8) is 0 Å². The fraction of sp³-hybridized carbons (Fsp3) is 0.136. The van der Waals surface area contributed by atoms with Gasteiger partial charge in [0.15, 0.2) is 0 Å². The van der Waals surface area contributed by atoms with Gasteiger partial charge in [0.1, 0.15) is 0 Å². The molecule has 0 atom stereocenters. The Balaban J connectivity index is 2.10. The first-order valence-corrected chi connectivity index (χ1v) is 12.4. The van der Waals surface area contributed by atoms with Gasteiger partial charge in [-0.15, -0.1) is 0 Å². The maximum Gasteiger partial charge on any atom is 0.302 e. The second-order valence-electron chi connectivity index (χ2n) is 5.97. The number of benzene rings is 3. The molecule has 0 saturated carbocycles. The maximum atomic E-state index is 11.2. The highest BCUT2D eigenvalue weighted by atomic mass is 32.4. The van der Waals surface area contributed by atoms with Crippen LogP contribution in [0.2, 0.25) is 0 Å². The molecule has 0 aromatic heterocycles. The van der Waals surface area contributed by atoms with Crippen molar-refractivity contribution in [2.75, 3.05) is 12.4 Å². The summed E-state index contributed by atoms with van der Waals surface area (Å²) >= 11 is 1.93. The highest BCUT2D eigenvalue weighted by Gasteiger charge is 2.40. The Labute approximate surface area is 159 Å². The summed E-state index contributed by atoms with van der Waals surface area (Å²) in [5.74, 6) is 0.543. The van der Waals surface area contributed by atoms with Gasteiger partial charge in [0.05, 0.1) is 6.61 Å². The molecular weight excluding hydrogens is 356 g/mol. The van der Waals surface area contributed by atoms with Crippen LogP contribution in [0.1, 0.15) is 6.92 Å². The summed E-state index contributed by atoms with van der Waals surface area (Å²) in [7, 11) is -2.27. The average Bonchev–Trinajstić information content (AvgIpc) is 2.70. The van der Waals surface area contributed by atoms with Crippen molar-refractivity contribution < 1.29 is 9.53 Å². The van der Waals surface area contributed by atoms with E-state index in [-0.39, 0.29) is 5.97 Å². The van der Waals surface area contributed by atoms with Gasteiger partial charge >= 0.3 is 5.97 Å². The summed E-state index contributed by atoms with van der Waals surface area (Å²) in [6.45, 7) is 1.89. The number of ether oxygens (including phenoxy) is 1. The van der Waals surface area contributed by atoms with Gasteiger partial charge in [-0.2, -0.15) is 11.2 Å². The van der Waals surface area contributed by atoms with E-state index in [0.717, 1.165) is 5.75 Å². The van der Waals surface area contributed by atoms with Crippen LogP contribution in [0, 0.1) is 0 Å². The molecule has 0 bridgehead atoms. The minimum atomic E-state index is -2.27. The van der Waals surface area contributed by atoms with Crippen molar-refractivity contribution in [1.82, 2.24) is 0 Å². The molecule has 132 valence electrons. The fourth-order valence-electron chi connectivity index (χ4n) is 3.15. The van der Waals surface area contributed by atoms with Gasteiger partial charge in [0.2, 0.25) is 7.22 Å². The molecule has 0 heterocycles. The first kappa shape index (κ1) is 18.5. The Morgan fingerprint density at radius 2 is 1.15 bits per heavy atom. The SMILES string of the molecule is CC(=O)OCCS[Si](c1ccccc1)(c1ccccc1)c1ccccc1. The van der Waals surface area contributed by atoms with E-state index in [1.54, 1.807) is 0 Å². The van der Waals surface area contributed by atoms with Crippen LogP contribution in [0.3, 0.4) is 0 Å². The van der Waals surface area contributed by atoms with Gasteiger partial charge in [0, 0.05) is 12.7 Å². The number of hydrogen-bond acceptors (Lipinski definition) is 3. The van der Waals surface area contributed by atoms with Crippen molar-refractivity contribution >= 4 is 40.0 Å². The molecule has 0 radical (unpaired) electrons. The van der Waals surface area contributed by atoms with Crippen molar-refractivity contribution in [3.05, 3.63) is 91.0 Å². The van der Waals surface area contributed by atoms with Gasteiger partial charge in [-0.25, -0.2) is 0 Å². The minimum Gasteiger partial charge on any atom is -0.465 e. The van der Waals surface area contributed by atoms with Gasteiger partial charge in [-0.05, 0) is 15.6 Å². The Morgan fingerprint density at radius 1 is 0.769 bits per heavy atom. The number of rotatable bonds is 7. The van der Waals surface area contributed by atoms with Crippen molar-refractivity contribution in [2.24, 2.45) is 0 Å². The average molecular weight is 379 g/mol. The molecule has 3 aromatic carbocycles. The Hall–Kier alpha value is -2.30. The van der Waals surface area contributed by atoms with E-state index in [9.17, 15) is 4.79 Å². The van der Waals surface area contributed by atoms with Crippen LogP contribution in [0.4, 0.5) is 0 Å². The molecule has 2 nitrogen and oxygen atoms in total. The zero-order chi connectivity index (χ0) is 18.2. The van der Waals surface area contributed by atoms with Crippen molar-refractivity contribution in [2.45, 2.75) is 6.92 Å². The summed E-state index contributed by atoms with van der Waals surface area (Å²) in [5.41, 5.74) is 0. The predicted molar refractivity (Wildman–Crippen MR) is 113 cm³/mol. The summed E-state index contributed by atoms with van der Waals surface area (Å²) in [6, 6.07) is 32.2. The predicted octanol–water partition coefficient (Wildman–Crippen LogP) is 2.95. The first-order chi connectivity index (χ1) is 12.7. The zero-order valence-corrected chi connectivity index (χ0v) is 16.6. The molecule has 0 amide bonds. The molecule has 4 heteroatoms. The van der Waals surface area contributed by atoms with Crippen LogP contribution >= 0.6 is 11.2 Å². The number of carbonyl (C=O) groups is 1. The van der Waals surface area contributed by atoms with E-state index in [0.29, 0.717) is 6.61 Å². The van der Waals surface area contributed by atoms with E-state index >= 15 is 0 Å². The Kier molecular flexibility index (Phi) is 6.31. The normalized spacial score (nSPS) is 11.1. The molecule has 3 aromatic rings. The lowest BCUT2D eigenvalue weighted by molar-refractivity contribution is -0.140. The number of hydrogen-bond donors (Lipinski definition) is 0. The molecule has 0 aliphatic rings. The van der Waals surface area contributed by atoms with Crippen LogP contribution in [-0.4, -0.2) is 25.6 Å². The summed E-state index contributed by atoms with van der Waals surface area (Å²) < 4.78 is 5.21. The molecule has 0 aliphatic carbocycles. The van der Waals surface area contributed by atoms with Crippen molar-refractivity contribution in [1.29, 1.82) is 0 Å². The van der Waals surface area contributed by atoms with Gasteiger partial charge in [0.25, 0.3) is 0 Å². The van der Waals surface area contributed by atoms with Crippen LogP contribution < -0.4 is 15.6 Å². The highest BCUT2D eigenvalue weighted by Crippen LogP contribution is 2.21. The number of esters is 1. The molecule has 26 heavy (non-hydrogen) atoms. The standard InChI is InChI=1S/C22H22O2SSi/c1-19(23)24-17-18-25-26(20-11-5-2-6-12-20,21-13-7-3-8-14-21)22-15-9-4-10-16-22/h2-16H,17-18H2,1H3. The van der Waals surface area contributed by atoms with Crippen LogP contribution in [0.15, 0.2) is 91.0 Å². The molecule has 0 spiro atoms. The smallest absolute Gasteiger partial charge is 0.302 e. The van der Waals surface area contributed by atoms with Gasteiger partial charge in [-0.3, -0.25) is 4.79 Å². The monoisotopic (exact) mass is 378 g/mol. The first-order valence-electron chi connectivity index (χ1n) is 8.67. The third-order valence-corrected chi connectivity index (χ3v) is 12.5. The van der Waals surface area contributed by atoms with Crippen LogP contribution in [0.25, 0.3) is 0 Å². The van der Waals surface area contributed by atoms with Crippen LogP contribution in [0.5, 0.6) is 0 Å². The van der Waals surface area contributed by atoms with Gasteiger partial charge in [-0.1, -0.05) is 91.0 Å². The summed E-state index contributed by atoms with van der Waals surface area (Å²) in [6.07, 6.45) is 0. The van der Waals surface area contributed by atoms with Crippen molar-refractivity contribution in [3.8, 4) is 0 Å². The van der Waals surface area contributed by atoms with E-state index < -0.39 is 7.22 Å².